The lowest BCUT2D eigenvalue weighted by Gasteiger charge is -2.17. The summed E-state index contributed by atoms with van der Waals surface area (Å²) < 4.78 is 64.6. The van der Waals surface area contributed by atoms with Gasteiger partial charge >= 0.3 is 12.1 Å². The van der Waals surface area contributed by atoms with Crippen LogP contribution in [0, 0.1) is 5.92 Å². The van der Waals surface area contributed by atoms with Crippen LogP contribution >= 0.6 is 0 Å². The van der Waals surface area contributed by atoms with E-state index >= 15 is 0 Å². The summed E-state index contributed by atoms with van der Waals surface area (Å²) in [4.78, 5) is 12.1. The zero-order valence-electron chi connectivity index (χ0n) is 13.8. The molecule has 0 heterocycles. The highest BCUT2D eigenvalue weighted by atomic mass is 32.2. The van der Waals surface area contributed by atoms with Crippen LogP contribution in [0.3, 0.4) is 0 Å². The first-order valence-electron chi connectivity index (χ1n) is 8.13. The zero-order chi connectivity index (χ0) is 18.6. The number of ether oxygens (including phenoxy) is 1. The third kappa shape index (κ3) is 5.81. The lowest BCUT2D eigenvalue weighted by Crippen LogP contribution is -2.22. The average Bonchev–Trinajstić information content (AvgIpc) is 3.00. The van der Waals surface area contributed by atoms with Crippen molar-refractivity contribution < 1.29 is 31.5 Å². The lowest BCUT2D eigenvalue weighted by atomic mass is 9.97. The molecule has 1 N–H and O–H groups in total. The van der Waals surface area contributed by atoms with Crippen LogP contribution in [-0.2, 0) is 39.0 Å². The van der Waals surface area contributed by atoms with Crippen LogP contribution in [0.25, 0.3) is 0 Å². The SMILES string of the molecule is CC(Cc1ccc(CS(=O)O)c(C(F)(F)F)c1)C(=O)OC1CCCC1. The van der Waals surface area contributed by atoms with E-state index in [0.29, 0.717) is 5.56 Å². The molecule has 1 aromatic carbocycles. The molecule has 0 aliphatic heterocycles. The molecule has 2 rings (SSSR count). The molecule has 8 heteroatoms. The Balaban J connectivity index is 2.10. The predicted octanol–water partition coefficient (Wildman–Crippen LogP) is 4.09. The third-order valence-corrected chi connectivity index (χ3v) is 4.85. The topological polar surface area (TPSA) is 63.6 Å². The normalized spacial score (nSPS) is 18.1. The van der Waals surface area contributed by atoms with Crippen molar-refractivity contribution in [2.24, 2.45) is 5.92 Å². The van der Waals surface area contributed by atoms with Crippen molar-refractivity contribution in [3.05, 3.63) is 34.9 Å². The summed E-state index contributed by atoms with van der Waals surface area (Å²) in [5.74, 6) is -1.55. The maximum absolute atomic E-state index is 13.2. The standard InChI is InChI=1S/C17H21F3O4S/c1-11(16(21)24-14-4-2-3-5-14)8-12-6-7-13(10-25(22)23)15(9-12)17(18,19)20/h6-7,9,11,14H,2-5,8,10H2,1H3,(H,22,23). The van der Waals surface area contributed by atoms with E-state index in [-0.39, 0.29) is 18.1 Å². The van der Waals surface area contributed by atoms with Gasteiger partial charge in [-0.3, -0.25) is 4.79 Å². The molecule has 1 aliphatic carbocycles. The molecule has 1 saturated carbocycles. The van der Waals surface area contributed by atoms with Crippen LogP contribution in [0.4, 0.5) is 13.2 Å². The molecule has 140 valence electrons. The second kappa shape index (κ2) is 8.31. The number of benzene rings is 1. The average molecular weight is 378 g/mol. The van der Waals surface area contributed by atoms with Gasteiger partial charge in [0.05, 0.1) is 17.2 Å². The molecule has 0 spiro atoms. The van der Waals surface area contributed by atoms with Crippen molar-refractivity contribution >= 4 is 17.0 Å². The minimum absolute atomic E-state index is 0.0809. The minimum Gasteiger partial charge on any atom is -0.462 e. The number of hydrogen-bond acceptors (Lipinski definition) is 3. The highest BCUT2D eigenvalue weighted by molar-refractivity contribution is 7.78. The molecule has 1 aromatic rings. The molecule has 25 heavy (non-hydrogen) atoms. The number of carbonyl (C=O) groups is 1. The number of halogens is 3. The first kappa shape index (κ1) is 19.9. The minimum atomic E-state index is -4.63. The van der Waals surface area contributed by atoms with Gasteiger partial charge in [0, 0.05) is 0 Å². The summed E-state index contributed by atoms with van der Waals surface area (Å²) in [5.41, 5.74) is -0.835. The Bertz CT molecular complexity index is 639. The van der Waals surface area contributed by atoms with E-state index in [9.17, 15) is 22.2 Å². The number of alkyl halides is 3. The van der Waals surface area contributed by atoms with Crippen LogP contribution in [0.15, 0.2) is 18.2 Å². The highest BCUT2D eigenvalue weighted by Gasteiger charge is 2.34. The Morgan fingerprint density at radius 3 is 2.56 bits per heavy atom. The molecule has 0 aromatic heterocycles. The maximum atomic E-state index is 13.2. The van der Waals surface area contributed by atoms with Crippen molar-refractivity contribution in [1.29, 1.82) is 0 Å². The maximum Gasteiger partial charge on any atom is 0.416 e. The van der Waals surface area contributed by atoms with Crippen LogP contribution in [0.1, 0.15) is 49.3 Å². The predicted molar refractivity (Wildman–Crippen MR) is 87.1 cm³/mol. The number of rotatable bonds is 6. The van der Waals surface area contributed by atoms with Gasteiger partial charge in [-0.2, -0.15) is 13.2 Å². The van der Waals surface area contributed by atoms with Gasteiger partial charge in [-0.25, -0.2) is 4.21 Å². The van der Waals surface area contributed by atoms with Gasteiger partial charge in [-0.15, -0.1) is 0 Å². The Morgan fingerprint density at radius 1 is 1.36 bits per heavy atom. The Kier molecular flexibility index (Phi) is 6.62. The number of esters is 1. The molecule has 0 saturated heterocycles. The number of carbonyl (C=O) groups excluding carboxylic acids is 1. The third-order valence-electron chi connectivity index (χ3n) is 4.29. The zero-order valence-corrected chi connectivity index (χ0v) is 14.7. The van der Waals surface area contributed by atoms with Crippen LogP contribution in [0.2, 0.25) is 0 Å². The van der Waals surface area contributed by atoms with Gasteiger partial charge in [-0.1, -0.05) is 19.1 Å². The quantitative estimate of drug-likeness (QED) is 0.598. The molecular weight excluding hydrogens is 357 g/mol. The van der Waals surface area contributed by atoms with Gasteiger partial charge in [-0.05, 0) is 49.3 Å². The van der Waals surface area contributed by atoms with E-state index in [2.05, 4.69) is 0 Å². The van der Waals surface area contributed by atoms with Gasteiger partial charge in [0.15, 0.2) is 11.1 Å². The highest BCUT2D eigenvalue weighted by Crippen LogP contribution is 2.34. The van der Waals surface area contributed by atoms with Gasteiger partial charge < -0.3 is 9.29 Å². The monoisotopic (exact) mass is 378 g/mol. The van der Waals surface area contributed by atoms with Gasteiger partial charge in [0.2, 0.25) is 0 Å². The summed E-state index contributed by atoms with van der Waals surface area (Å²) in [5, 5.41) is 0. The molecule has 2 unspecified atom stereocenters. The van der Waals surface area contributed by atoms with Crippen LogP contribution < -0.4 is 0 Å². The molecular formula is C17H21F3O4S. The Labute approximate surface area is 147 Å². The van der Waals surface area contributed by atoms with Crippen molar-refractivity contribution in [3.63, 3.8) is 0 Å². The molecule has 1 fully saturated rings. The van der Waals surface area contributed by atoms with Crippen LogP contribution in [0.5, 0.6) is 0 Å². The van der Waals surface area contributed by atoms with Gasteiger partial charge in [0.25, 0.3) is 0 Å². The van der Waals surface area contributed by atoms with Crippen molar-refractivity contribution in [1.82, 2.24) is 0 Å². The fraction of sp³-hybridized carbons (Fsp3) is 0.588. The summed E-state index contributed by atoms with van der Waals surface area (Å²) in [6.45, 7) is 1.63. The van der Waals surface area contributed by atoms with Crippen LogP contribution in [-0.4, -0.2) is 20.8 Å². The largest absolute Gasteiger partial charge is 0.462 e. The second-order valence-corrected chi connectivity index (χ2v) is 7.34. The van der Waals surface area contributed by atoms with E-state index in [1.165, 1.54) is 12.1 Å². The van der Waals surface area contributed by atoms with E-state index in [0.717, 1.165) is 31.7 Å². The van der Waals surface area contributed by atoms with E-state index in [4.69, 9.17) is 9.29 Å². The Hall–Kier alpha value is -1.41. The van der Waals surface area contributed by atoms with Crippen molar-refractivity contribution in [2.75, 3.05) is 0 Å². The van der Waals surface area contributed by atoms with Crippen molar-refractivity contribution in [3.8, 4) is 0 Å². The van der Waals surface area contributed by atoms with E-state index in [1.807, 2.05) is 0 Å². The first-order valence-corrected chi connectivity index (χ1v) is 9.41. The van der Waals surface area contributed by atoms with E-state index < -0.39 is 40.5 Å². The van der Waals surface area contributed by atoms with E-state index in [1.54, 1.807) is 6.92 Å². The van der Waals surface area contributed by atoms with Crippen molar-refractivity contribution in [2.45, 2.75) is 57.1 Å². The summed E-state index contributed by atoms with van der Waals surface area (Å²) in [7, 11) is 0. The van der Waals surface area contributed by atoms with Gasteiger partial charge in [0.1, 0.15) is 6.10 Å². The Morgan fingerprint density at radius 2 is 2.00 bits per heavy atom. The smallest absolute Gasteiger partial charge is 0.416 e. The lowest BCUT2D eigenvalue weighted by molar-refractivity contribution is -0.153. The molecule has 0 amide bonds. The number of hydrogen-bond donors (Lipinski definition) is 1. The fourth-order valence-electron chi connectivity index (χ4n) is 3.00. The summed E-state index contributed by atoms with van der Waals surface area (Å²) >= 11 is -2.36. The molecule has 4 nitrogen and oxygen atoms in total. The first-order chi connectivity index (χ1) is 11.7. The molecule has 1 aliphatic rings. The summed E-state index contributed by atoms with van der Waals surface area (Å²) in [6, 6.07) is 3.60. The fourth-order valence-corrected chi connectivity index (χ4v) is 3.51. The summed E-state index contributed by atoms with van der Waals surface area (Å²) in [6.07, 6.45) is -0.866. The molecule has 2 atom stereocenters. The molecule has 0 bridgehead atoms. The second-order valence-electron chi connectivity index (χ2n) is 6.40. The molecule has 0 radical (unpaired) electrons.